The summed E-state index contributed by atoms with van der Waals surface area (Å²) in [6.07, 6.45) is -0.883. The van der Waals surface area contributed by atoms with E-state index in [4.69, 9.17) is 14.6 Å². The maximum atomic E-state index is 11.3. The molecule has 2 heterocycles. The van der Waals surface area contributed by atoms with E-state index >= 15 is 0 Å². The molecule has 0 aromatic carbocycles. The second-order valence-electron chi connectivity index (χ2n) is 8.53. The fourth-order valence-corrected chi connectivity index (χ4v) is 2.11. The van der Waals surface area contributed by atoms with Crippen LogP contribution in [0.5, 0.6) is 0 Å². The molecule has 0 aliphatic carbocycles. The largest absolute Gasteiger partial charge is 0.444 e. The van der Waals surface area contributed by atoms with Gasteiger partial charge in [-0.1, -0.05) is 6.92 Å². The Balaban J connectivity index is 0.000000240. The second kappa shape index (κ2) is 7.59. The summed E-state index contributed by atoms with van der Waals surface area (Å²) in [5.74, 6) is 0.637. The molecule has 1 N–H and O–H groups in total. The molecule has 2 aliphatic rings. The van der Waals surface area contributed by atoms with Crippen LogP contribution in [0.2, 0.25) is 0 Å². The lowest BCUT2D eigenvalue weighted by Crippen LogP contribution is -2.54. The summed E-state index contributed by atoms with van der Waals surface area (Å²) < 4.78 is 10.2. The maximum absolute atomic E-state index is 11.3. The smallest absolute Gasteiger partial charge is 0.410 e. The molecule has 0 aromatic rings. The van der Waals surface area contributed by atoms with Gasteiger partial charge in [-0.05, 0) is 47.5 Å². The lowest BCUT2D eigenvalue weighted by Gasteiger charge is -2.37. The Kier molecular flexibility index (Phi) is 6.50. The van der Waals surface area contributed by atoms with Crippen molar-refractivity contribution in [3.8, 4) is 0 Å². The molecule has 2 aliphatic heterocycles. The van der Waals surface area contributed by atoms with Crippen LogP contribution in [0.15, 0.2) is 0 Å². The summed E-state index contributed by atoms with van der Waals surface area (Å²) in [5, 5.41) is 8.92. The van der Waals surface area contributed by atoms with Gasteiger partial charge in [-0.15, -0.1) is 0 Å². The van der Waals surface area contributed by atoms with Gasteiger partial charge in [0.25, 0.3) is 0 Å². The van der Waals surface area contributed by atoms with Gasteiger partial charge in [0.1, 0.15) is 11.2 Å². The Hall–Kier alpha value is -1.50. The number of hydrogen-bond donors (Lipinski definition) is 1. The number of aliphatic hydroxyl groups excluding tert-OH is 1. The molecule has 0 saturated carbocycles. The van der Waals surface area contributed by atoms with Crippen LogP contribution in [-0.4, -0.2) is 70.6 Å². The van der Waals surface area contributed by atoms with E-state index < -0.39 is 5.60 Å². The Morgan fingerprint density at radius 2 is 1.17 bits per heavy atom. The molecule has 7 heteroatoms. The minimum atomic E-state index is -0.447. The highest BCUT2D eigenvalue weighted by Crippen LogP contribution is 2.18. The molecule has 0 spiro atoms. The highest BCUT2D eigenvalue weighted by Gasteiger charge is 2.32. The molecule has 0 atom stereocenters. The molecule has 24 heavy (non-hydrogen) atoms. The van der Waals surface area contributed by atoms with Crippen LogP contribution < -0.4 is 0 Å². The molecule has 0 unspecified atom stereocenters. The summed E-state index contributed by atoms with van der Waals surface area (Å²) in [5.41, 5.74) is -0.812. The van der Waals surface area contributed by atoms with Crippen LogP contribution in [-0.2, 0) is 9.47 Å². The first-order chi connectivity index (χ1) is 10.8. The number of likely N-dealkylation sites (tertiary alicyclic amines) is 2. The standard InChI is InChI=1S/C9H17NO2.C8H15NO3/c1-7-5-10(6-7)8(11)12-9(2,3)4;1-8(2,3)12-7(11)9-4-6(10)5-9/h7H,5-6H2,1-4H3;6,10H,4-5H2,1-3H3. The van der Waals surface area contributed by atoms with E-state index in [1.807, 2.05) is 41.5 Å². The van der Waals surface area contributed by atoms with Crippen molar-refractivity contribution in [1.29, 1.82) is 0 Å². The fraction of sp³-hybridized carbons (Fsp3) is 0.882. The SMILES string of the molecule is CC(C)(C)OC(=O)N1CC(O)C1.CC1CN(C(=O)OC(C)(C)C)C1. The van der Waals surface area contributed by atoms with Crippen molar-refractivity contribution in [3.63, 3.8) is 0 Å². The number of nitrogens with zero attached hydrogens (tertiary/aromatic N) is 2. The van der Waals surface area contributed by atoms with Crippen molar-refractivity contribution in [2.75, 3.05) is 26.2 Å². The van der Waals surface area contributed by atoms with Gasteiger partial charge in [0.2, 0.25) is 0 Å². The molecule has 2 fully saturated rings. The van der Waals surface area contributed by atoms with Crippen LogP contribution in [0.1, 0.15) is 48.5 Å². The van der Waals surface area contributed by atoms with Gasteiger partial charge in [-0.2, -0.15) is 0 Å². The molecular weight excluding hydrogens is 312 g/mol. The van der Waals surface area contributed by atoms with E-state index in [0.29, 0.717) is 19.0 Å². The number of carbonyl (C=O) groups excluding carboxylic acids is 2. The van der Waals surface area contributed by atoms with Crippen LogP contribution >= 0.6 is 0 Å². The first-order valence-corrected chi connectivity index (χ1v) is 8.41. The summed E-state index contributed by atoms with van der Waals surface area (Å²) in [7, 11) is 0. The van der Waals surface area contributed by atoms with Crippen molar-refractivity contribution >= 4 is 12.2 Å². The van der Waals surface area contributed by atoms with E-state index in [1.54, 1.807) is 4.90 Å². The number of carbonyl (C=O) groups is 2. The van der Waals surface area contributed by atoms with Crippen LogP contribution in [0.3, 0.4) is 0 Å². The zero-order valence-electron chi connectivity index (χ0n) is 16.0. The number of amides is 2. The van der Waals surface area contributed by atoms with E-state index in [1.165, 1.54) is 4.90 Å². The topological polar surface area (TPSA) is 79.3 Å². The lowest BCUT2D eigenvalue weighted by atomic mass is 10.0. The highest BCUT2D eigenvalue weighted by molar-refractivity contribution is 5.69. The van der Waals surface area contributed by atoms with E-state index in [-0.39, 0.29) is 23.9 Å². The second-order valence-corrected chi connectivity index (χ2v) is 8.53. The zero-order valence-corrected chi connectivity index (χ0v) is 16.0. The first-order valence-electron chi connectivity index (χ1n) is 8.41. The molecular formula is C17H32N2O5. The first kappa shape index (κ1) is 20.5. The van der Waals surface area contributed by atoms with Crippen molar-refractivity contribution < 1.29 is 24.2 Å². The predicted octanol–water partition coefficient (Wildman–Crippen LogP) is 2.47. The Bertz CT molecular complexity index is 399. The normalized spacial score (nSPS) is 18.8. The third kappa shape index (κ3) is 7.38. The monoisotopic (exact) mass is 344 g/mol. The van der Waals surface area contributed by atoms with E-state index in [2.05, 4.69) is 6.92 Å². The molecule has 0 bridgehead atoms. The molecule has 7 nitrogen and oxygen atoms in total. The molecule has 0 radical (unpaired) electrons. The average molecular weight is 344 g/mol. The minimum absolute atomic E-state index is 0.180. The average Bonchev–Trinajstić information content (AvgIpc) is 2.27. The van der Waals surface area contributed by atoms with Gasteiger partial charge in [0.05, 0.1) is 19.2 Å². The molecule has 2 saturated heterocycles. The Morgan fingerprint density at radius 1 is 0.833 bits per heavy atom. The fourth-order valence-electron chi connectivity index (χ4n) is 2.11. The third-order valence-electron chi connectivity index (χ3n) is 3.23. The van der Waals surface area contributed by atoms with Gasteiger partial charge < -0.3 is 24.4 Å². The van der Waals surface area contributed by atoms with Gasteiger partial charge >= 0.3 is 12.2 Å². The molecule has 2 amide bonds. The Morgan fingerprint density at radius 3 is 1.42 bits per heavy atom. The maximum Gasteiger partial charge on any atom is 0.410 e. The Labute approximate surface area is 144 Å². The molecule has 0 aromatic heterocycles. The summed E-state index contributed by atoms with van der Waals surface area (Å²) >= 11 is 0. The minimum Gasteiger partial charge on any atom is -0.444 e. The van der Waals surface area contributed by atoms with Crippen LogP contribution in [0.4, 0.5) is 9.59 Å². The number of rotatable bonds is 0. The number of hydrogen-bond acceptors (Lipinski definition) is 5. The summed E-state index contributed by atoms with van der Waals surface area (Å²) in [6, 6.07) is 0. The number of β-amino-alcohol motifs (C(OH)–C–C–N with tert-alkyl or cyclic N) is 1. The van der Waals surface area contributed by atoms with Gasteiger partial charge in [0.15, 0.2) is 0 Å². The molecule has 2 rings (SSSR count). The summed E-state index contributed by atoms with van der Waals surface area (Å²) in [4.78, 5) is 25.7. The number of ether oxygens (including phenoxy) is 2. The summed E-state index contributed by atoms with van der Waals surface area (Å²) in [6.45, 7) is 15.7. The van der Waals surface area contributed by atoms with Gasteiger partial charge in [-0.3, -0.25) is 0 Å². The van der Waals surface area contributed by atoms with Crippen molar-refractivity contribution in [2.45, 2.75) is 65.8 Å². The lowest BCUT2D eigenvalue weighted by molar-refractivity contribution is -0.0303. The zero-order chi connectivity index (χ0) is 18.7. The van der Waals surface area contributed by atoms with Gasteiger partial charge in [-0.25, -0.2) is 9.59 Å². The van der Waals surface area contributed by atoms with E-state index in [9.17, 15) is 9.59 Å². The number of aliphatic hydroxyl groups is 1. The van der Waals surface area contributed by atoms with E-state index in [0.717, 1.165) is 13.1 Å². The molecule has 140 valence electrons. The van der Waals surface area contributed by atoms with Crippen LogP contribution in [0, 0.1) is 5.92 Å². The van der Waals surface area contributed by atoms with Crippen molar-refractivity contribution in [2.24, 2.45) is 5.92 Å². The predicted molar refractivity (Wildman–Crippen MR) is 90.8 cm³/mol. The third-order valence-corrected chi connectivity index (χ3v) is 3.23. The quantitative estimate of drug-likeness (QED) is 0.730. The van der Waals surface area contributed by atoms with Crippen molar-refractivity contribution in [3.05, 3.63) is 0 Å². The van der Waals surface area contributed by atoms with Crippen LogP contribution in [0.25, 0.3) is 0 Å². The van der Waals surface area contributed by atoms with Gasteiger partial charge in [0, 0.05) is 13.1 Å². The highest BCUT2D eigenvalue weighted by atomic mass is 16.6. The van der Waals surface area contributed by atoms with Crippen molar-refractivity contribution in [1.82, 2.24) is 9.80 Å².